The van der Waals surface area contributed by atoms with Crippen LogP contribution in [-0.4, -0.2) is 24.4 Å². The Kier molecular flexibility index (Phi) is 6.54. The molecule has 0 aliphatic heterocycles. The first kappa shape index (κ1) is 18.5. The Morgan fingerprint density at radius 1 is 1.00 bits per heavy atom. The minimum atomic E-state index is -0.545. The maximum Gasteiger partial charge on any atom is 0.340 e. The van der Waals surface area contributed by atoms with E-state index in [2.05, 4.69) is 10.6 Å². The van der Waals surface area contributed by atoms with E-state index in [9.17, 15) is 14.4 Å². The molecule has 2 rings (SSSR count). The summed E-state index contributed by atoms with van der Waals surface area (Å²) in [4.78, 5) is 35.9. The molecule has 0 atom stereocenters. The molecule has 2 N–H and O–H groups in total. The summed E-state index contributed by atoms with van der Waals surface area (Å²) in [5, 5.41) is 5.61. The van der Waals surface area contributed by atoms with Crippen molar-refractivity contribution in [3.8, 4) is 0 Å². The number of amides is 2. The van der Waals surface area contributed by atoms with Gasteiger partial charge in [-0.2, -0.15) is 0 Å². The minimum Gasteiger partial charge on any atom is -0.462 e. The number of rotatable bonds is 6. The van der Waals surface area contributed by atoms with Crippen LogP contribution in [0.25, 0.3) is 0 Å². The van der Waals surface area contributed by atoms with E-state index >= 15 is 0 Å². The number of hydrogen-bond donors (Lipinski definition) is 2. The highest BCUT2D eigenvalue weighted by atomic mass is 35.5. The van der Waals surface area contributed by atoms with Gasteiger partial charge in [0.15, 0.2) is 0 Å². The summed E-state index contributed by atoms with van der Waals surface area (Å²) in [5.41, 5.74) is 1.02. The van der Waals surface area contributed by atoms with Crippen molar-refractivity contribution >= 4 is 40.8 Å². The van der Waals surface area contributed by atoms with Crippen molar-refractivity contribution in [3.63, 3.8) is 0 Å². The lowest BCUT2D eigenvalue weighted by molar-refractivity contribution is -0.123. The summed E-state index contributed by atoms with van der Waals surface area (Å²) in [6.45, 7) is 1.92. The minimum absolute atomic E-state index is 0.225. The monoisotopic (exact) mass is 360 g/mol. The molecule has 0 spiro atoms. The summed E-state index contributed by atoms with van der Waals surface area (Å²) in [5.74, 6) is -1.58. The van der Waals surface area contributed by atoms with Crippen molar-refractivity contribution < 1.29 is 19.1 Å². The molecule has 0 saturated heterocycles. The summed E-state index contributed by atoms with van der Waals surface area (Å²) in [6.07, 6.45) is -0.399. The van der Waals surface area contributed by atoms with E-state index in [0.717, 1.165) is 0 Å². The van der Waals surface area contributed by atoms with Crippen molar-refractivity contribution in [1.82, 2.24) is 0 Å². The average molecular weight is 361 g/mol. The lowest BCUT2D eigenvalue weighted by Gasteiger charge is -2.10. The Morgan fingerprint density at radius 3 is 2.44 bits per heavy atom. The number of nitrogens with one attached hydrogen (secondary N) is 2. The van der Waals surface area contributed by atoms with E-state index in [1.54, 1.807) is 55.5 Å². The summed E-state index contributed by atoms with van der Waals surface area (Å²) < 4.78 is 4.94. The highest BCUT2D eigenvalue weighted by molar-refractivity contribution is 6.30. The lowest BCUT2D eigenvalue weighted by Crippen LogP contribution is -2.22. The molecular weight excluding hydrogens is 344 g/mol. The molecule has 0 unspecified atom stereocenters. The number of hydrogen-bond acceptors (Lipinski definition) is 4. The number of halogens is 1. The first-order valence-corrected chi connectivity index (χ1v) is 7.99. The van der Waals surface area contributed by atoms with Gasteiger partial charge in [0.1, 0.15) is 6.42 Å². The maximum absolute atomic E-state index is 12.1. The van der Waals surface area contributed by atoms with Gasteiger partial charge in [0.25, 0.3) is 0 Å². The van der Waals surface area contributed by atoms with Gasteiger partial charge in [0.2, 0.25) is 11.8 Å². The van der Waals surface area contributed by atoms with Crippen molar-refractivity contribution in [1.29, 1.82) is 0 Å². The van der Waals surface area contributed by atoms with Crippen LogP contribution < -0.4 is 10.6 Å². The van der Waals surface area contributed by atoms with Gasteiger partial charge in [-0.15, -0.1) is 0 Å². The SMILES string of the molecule is CCOC(=O)c1ccccc1NC(=O)CC(=O)Nc1cccc(Cl)c1. The van der Waals surface area contributed by atoms with Gasteiger partial charge in [0, 0.05) is 10.7 Å². The highest BCUT2D eigenvalue weighted by Gasteiger charge is 2.16. The van der Waals surface area contributed by atoms with Crippen LogP contribution in [-0.2, 0) is 14.3 Å². The second kappa shape index (κ2) is 8.84. The Morgan fingerprint density at radius 2 is 1.72 bits per heavy atom. The molecule has 0 aliphatic rings. The van der Waals surface area contributed by atoms with Crippen molar-refractivity contribution in [2.75, 3.05) is 17.2 Å². The first-order chi connectivity index (χ1) is 12.0. The number of carbonyl (C=O) groups excluding carboxylic acids is 3. The van der Waals surface area contributed by atoms with Gasteiger partial charge in [-0.3, -0.25) is 9.59 Å². The van der Waals surface area contributed by atoms with Crippen LogP contribution in [0.1, 0.15) is 23.7 Å². The molecule has 25 heavy (non-hydrogen) atoms. The molecule has 130 valence electrons. The second-order valence-corrected chi connectivity index (χ2v) is 5.49. The zero-order valence-electron chi connectivity index (χ0n) is 13.5. The average Bonchev–Trinajstić information content (AvgIpc) is 2.55. The van der Waals surface area contributed by atoms with Crippen LogP contribution in [0, 0.1) is 0 Å². The van der Waals surface area contributed by atoms with Crippen LogP contribution in [0.15, 0.2) is 48.5 Å². The second-order valence-electron chi connectivity index (χ2n) is 5.05. The summed E-state index contributed by atoms with van der Waals surface area (Å²) in [6, 6.07) is 13.0. The molecule has 0 fully saturated rings. The van der Waals surface area contributed by atoms with Gasteiger partial charge < -0.3 is 15.4 Å². The summed E-state index contributed by atoms with van der Waals surface area (Å²) >= 11 is 5.84. The Bertz CT molecular complexity index is 792. The quantitative estimate of drug-likeness (QED) is 0.610. The normalized spacial score (nSPS) is 10.0. The smallest absolute Gasteiger partial charge is 0.340 e. The standard InChI is InChI=1S/C18H17ClN2O4/c1-2-25-18(24)14-8-3-4-9-15(14)21-17(23)11-16(22)20-13-7-5-6-12(19)10-13/h3-10H,2,11H2,1H3,(H,20,22)(H,21,23). The van der Waals surface area contributed by atoms with Gasteiger partial charge in [-0.1, -0.05) is 29.8 Å². The fraction of sp³-hybridized carbons (Fsp3) is 0.167. The number of esters is 1. The van der Waals surface area contributed by atoms with Crippen LogP contribution in [0.5, 0.6) is 0 Å². The molecule has 2 aromatic rings. The molecule has 0 bridgehead atoms. The van der Waals surface area contributed by atoms with Crippen LogP contribution >= 0.6 is 11.6 Å². The number of para-hydroxylation sites is 1. The van der Waals surface area contributed by atoms with E-state index < -0.39 is 24.2 Å². The molecule has 0 saturated carbocycles. The lowest BCUT2D eigenvalue weighted by atomic mass is 10.1. The molecule has 2 amide bonds. The molecule has 0 aliphatic carbocycles. The fourth-order valence-electron chi connectivity index (χ4n) is 2.09. The molecule has 2 aromatic carbocycles. The molecule has 6 nitrogen and oxygen atoms in total. The number of ether oxygens (including phenoxy) is 1. The van der Waals surface area contributed by atoms with Gasteiger partial charge in [0.05, 0.1) is 17.9 Å². The van der Waals surface area contributed by atoms with Gasteiger partial charge in [-0.25, -0.2) is 4.79 Å². The molecule has 0 heterocycles. The Labute approximate surface area is 150 Å². The van der Waals surface area contributed by atoms with E-state index in [-0.39, 0.29) is 12.2 Å². The topological polar surface area (TPSA) is 84.5 Å². The maximum atomic E-state index is 12.1. The third-order valence-electron chi connectivity index (χ3n) is 3.13. The molecule has 7 heteroatoms. The Balaban J connectivity index is 1.98. The predicted molar refractivity (Wildman–Crippen MR) is 95.7 cm³/mol. The largest absolute Gasteiger partial charge is 0.462 e. The third kappa shape index (κ3) is 5.61. The molecular formula is C18H17ClN2O4. The van der Waals surface area contributed by atoms with E-state index in [1.807, 2.05) is 0 Å². The predicted octanol–water partition coefficient (Wildman–Crippen LogP) is 3.48. The zero-order valence-corrected chi connectivity index (χ0v) is 14.3. The molecule has 0 radical (unpaired) electrons. The van der Waals surface area contributed by atoms with E-state index in [4.69, 9.17) is 16.3 Å². The van der Waals surface area contributed by atoms with Crippen molar-refractivity contribution in [3.05, 3.63) is 59.1 Å². The van der Waals surface area contributed by atoms with E-state index in [0.29, 0.717) is 16.4 Å². The van der Waals surface area contributed by atoms with E-state index in [1.165, 1.54) is 0 Å². The number of carbonyl (C=O) groups is 3. The van der Waals surface area contributed by atoms with Crippen molar-refractivity contribution in [2.24, 2.45) is 0 Å². The van der Waals surface area contributed by atoms with Crippen LogP contribution in [0.2, 0.25) is 5.02 Å². The van der Waals surface area contributed by atoms with Crippen LogP contribution in [0.3, 0.4) is 0 Å². The third-order valence-corrected chi connectivity index (χ3v) is 3.36. The molecule has 0 aromatic heterocycles. The number of anilines is 2. The first-order valence-electron chi connectivity index (χ1n) is 7.61. The van der Waals surface area contributed by atoms with Crippen LogP contribution in [0.4, 0.5) is 11.4 Å². The van der Waals surface area contributed by atoms with Gasteiger partial charge >= 0.3 is 5.97 Å². The Hall–Kier alpha value is -2.86. The fourth-order valence-corrected chi connectivity index (χ4v) is 2.28. The van der Waals surface area contributed by atoms with Crippen molar-refractivity contribution in [2.45, 2.75) is 13.3 Å². The highest BCUT2D eigenvalue weighted by Crippen LogP contribution is 2.17. The summed E-state index contributed by atoms with van der Waals surface area (Å²) in [7, 11) is 0. The number of benzene rings is 2. The van der Waals surface area contributed by atoms with Gasteiger partial charge in [-0.05, 0) is 37.3 Å². The zero-order chi connectivity index (χ0) is 18.2.